The molecule has 1 atom stereocenters. The van der Waals surface area contributed by atoms with Gasteiger partial charge < -0.3 is 10.1 Å². The molecule has 0 amide bonds. The number of hydrogen-bond acceptors (Lipinski definition) is 8. The van der Waals surface area contributed by atoms with Crippen LogP contribution in [0.5, 0.6) is 0 Å². The van der Waals surface area contributed by atoms with Crippen LogP contribution in [0.4, 0.5) is 11.4 Å². The van der Waals surface area contributed by atoms with Crippen LogP contribution < -0.4 is 5.32 Å². The molecule has 32 heavy (non-hydrogen) atoms. The molecule has 2 aromatic heterocycles. The standard InChI is InChI=1S/C22H20N4O4S2/c1-30-22(27)20-3-2-10-26(20)32(28,29)15-5-6-17-16(12-15)18(8-9-23-17)25-14-4-7-21-19(11-14)24-13-31-21/h4-9,11-13,20H,2-3,10H2,1H3,(H,23,25)/t20-/m0/s1. The van der Waals surface area contributed by atoms with Crippen molar-refractivity contribution in [1.82, 2.24) is 14.3 Å². The van der Waals surface area contributed by atoms with E-state index in [-0.39, 0.29) is 11.4 Å². The van der Waals surface area contributed by atoms with Crippen LogP contribution >= 0.6 is 11.3 Å². The van der Waals surface area contributed by atoms with Gasteiger partial charge in [-0.2, -0.15) is 4.31 Å². The molecule has 3 heterocycles. The second-order valence-corrected chi connectivity index (χ2v) is 10.3. The maximum absolute atomic E-state index is 13.4. The van der Waals surface area contributed by atoms with Gasteiger partial charge in [0.15, 0.2) is 0 Å². The van der Waals surface area contributed by atoms with E-state index in [0.717, 1.165) is 21.6 Å². The third kappa shape index (κ3) is 3.60. The maximum Gasteiger partial charge on any atom is 0.324 e. The molecule has 0 bridgehead atoms. The highest BCUT2D eigenvalue weighted by atomic mass is 32.2. The summed E-state index contributed by atoms with van der Waals surface area (Å²) < 4.78 is 33.9. The first kappa shape index (κ1) is 20.8. The van der Waals surface area contributed by atoms with E-state index in [4.69, 9.17) is 4.74 Å². The van der Waals surface area contributed by atoms with Gasteiger partial charge in [-0.05, 0) is 55.3 Å². The van der Waals surface area contributed by atoms with Gasteiger partial charge >= 0.3 is 5.97 Å². The maximum atomic E-state index is 13.4. The summed E-state index contributed by atoms with van der Waals surface area (Å²) in [6, 6.07) is 11.7. The monoisotopic (exact) mass is 468 g/mol. The second-order valence-electron chi connectivity index (χ2n) is 7.49. The first-order chi connectivity index (χ1) is 15.5. The van der Waals surface area contributed by atoms with E-state index in [2.05, 4.69) is 15.3 Å². The number of thiazole rings is 1. The molecule has 5 rings (SSSR count). The molecule has 4 aromatic rings. The van der Waals surface area contributed by atoms with Gasteiger partial charge in [0.2, 0.25) is 10.0 Å². The zero-order valence-corrected chi connectivity index (χ0v) is 18.8. The van der Waals surface area contributed by atoms with E-state index in [1.165, 1.54) is 17.5 Å². The van der Waals surface area contributed by atoms with Gasteiger partial charge in [-0.1, -0.05) is 0 Å². The number of carbonyl (C=O) groups excluding carboxylic acids is 1. The molecular formula is C22H20N4O4S2. The van der Waals surface area contributed by atoms with Gasteiger partial charge in [0.25, 0.3) is 0 Å². The molecule has 0 radical (unpaired) electrons. The average molecular weight is 469 g/mol. The SMILES string of the molecule is COC(=O)[C@@H]1CCCN1S(=O)(=O)c1ccc2nccc(Nc3ccc4scnc4c3)c2c1. The fourth-order valence-corrected chi connectivity index (χ4v) is 6.35. The van der Waals surface area contributed by atoms with E-state index in [1.54, 1.807) is 41.2 Å². The molecule has 0 spiro atoms. The van der Waals surface area contributed by atoms with Crippen molar-refractivity contribution in [3.8, 4) is 0 Å². The minimum Gasteiger partial charge on any atom is -0.468 e. The van der Waals surface area contributed by atoms with Crippen LogP contribution in [0, 0.1) is 0 Å². The minimum absolute atomic E-state index is 0.117. The Morgan fingerprint density at radius 3 is 2.88 bits per heavy atom. The normalized spacial score (nSPS) is 17.1. The van der Waals surface area contributed by atoms with Gasteiger partial charge in [0.05, 0.1) is 33.2 Å². The topological polar surface area (TPSA) is 101 Å². The molecule has 1 aliphatic heterocycles. The molecule has 1 fully saturated rings. The van der Waals surface area contributed by atoms with Gasteiger partial charge in [-0.15, -0.1) is 11.3 Å². The minimum atomic E-state index is -3.88. The molecule has 0 saturated carbocycles. The molecular weight excluding hydrogens is 448 g/mol. The Hall–Kier alpha value is -3.08. The van der Waals surface area contributed by atoms with E-state index in [9.17, 15) is 13.2 Å². The number of methoxy groups -OCH3 is 1. The largest absolute Gasteiger partial charge is 0.468 e. The van der Waals surface area contributed by atoms with Crippen LogP contribution in [0.3, 0.4) is 0 Å². The number of sulfonamides is 1. The third-order valence-electron chi connectivity index (χ3n) is 5.61. The molecule has 1 aliphatic rings. The zero-order chi connectivity index (χ0) is 22.3. The summed E-state index contributed by atoms with van der Waals surface area (Å²) in [5, 5.41) is 4.02. The number of pyridine rings is 1. The predicted octanol–water partition coefficient (Wildman–Crippen LogP) is 3.91. The van der Waals surface area contributed by atoms with Crippen molar-refractivity contribution in [3.05, 3.63) is 54.2 Å². The highest BCUT2D eigenvalue weighted by molar-refractivity contribution is 7.89. The number of ether oxygens (including phenoxy) is 1. The van der Waals surface area contributed by atoms with Crippen LogP contribution in [0.2, 0.25) is 0 Å². The van der Waals surface area contributed by atoms with Crippen LogP contribution in [-0.4, -0.2) is 48.4 Å². The highest BCUT2D eigenvalue weighted by Gasteiger charge is 2.40. The van der Waals surface area contributed by atoms with E-state index in [1.807, 2.05) is 18.2 Å². The summed E-state index contributed by atoms with van der Waals surface area (Å²) in [5.41, 5.74) is 4.93. The van der Waals surface area contributed by atoms with E-state index >= 15 is 0 Å². The summed E-state index contributed by atoms with van der Waals surface area (Å²) in [6.45, 7) is 0.284. The summed E-state index contributed by atoms with van der Waals surface area (Å²) in [4.78, 5) is 20.9. The lowest BCUT2D eigenvalue weighted by Gasteiger charge is -2.22. The van der Waals surface area contributed by atoms with E-state index < -0.39 is 22.0 Å². The zero-order valence-electron chi connectivity index (χ0n) is 17.2. The van der Waals surface area contributed by atoms with Crippen LogP contribution in [0.1, 0.15) is 12.8 Å². The Bertz CT molecular complexity index is 1430. The molecule has 10 heteroatoms. The molecule has 2 aromatic carbocycles. The number of rotatable bonds is 5. The summed E-state index contributed by atoms with van der Waals surface area (Å²) in [5.74, 6) is -0.534. The Labute approximate surface area is 188 Å². The lowest BCUT2D eigenvalue weighted by molar-refractivity contribution is -0.144. The lowest BCUT2D eigenvalue weighted by atomic mass is 10.2. The second kappa shape index (κ2) is 8.12. The van der Waals surface area contributed by atoms with Gasteiger partial charge in [-0.25, -0.2) is 13.4 Å². The van der Waals surface area contributed by atoms with Crippen molar-refractivity contribution < 1.29 is 17.9 Å². The van der Waals surface area contributed by atoms with Crippen molar-refractivity contribution in [1.29, 1.82) is 0 Å². The van der Waals surface area contributed by atoms with Crippen molar-refractivity contribution >= 4 is 59.8 Å². The quantitative estimate of drug-likeness (QED) is 0.443. The van der Waals surface area contributed by atoms with Crippen LogP contribution in [0.25, 0.3) is 21.1 Å². The molecule has 1 saturated heterocycles. The first-order valence-electron chi connectivity index (χ1n) is 10.1. The predicted molar refractivity (Wildman–Crippen MR) is 124 cm³/mol. The van der Waals surface area contributed by atoms with Gasteiger partial charge in [0, 0.05) is 29.5 Å². The summed E-state index contributed by atoms with van der Waals surface area (Å²) in [7, 11) is -2.61. The van der Waals surface area contributed by atoms with Gasteiger partial charge in [0.1, 0.15) is 6.04 Å². The Morgan fingerprint density at radius 2 is 2.03 bits per heavy atom. The lowest BCUT2D eigenvalue weighted by Crippen LogP contribution is -2.41. The van der Waals surface area contributed by atoms with Crippen molar-refractivity contribution in [2.75, 3.05) is 19.0 Å². The number of fused-ring (bicyclic) bond motifs is 2. The number of nitrogens with zero attached hydrogens (tertiary/aromatic N) is 3. The number of hydrogen-bond donors (Lipinski definition) is 1. The van der Waals surface area contributed by atoms with Crippen molar-refractivity contribution in [2.45, 2.75) is 23.8 Å². The number of esters is 1. The number of benzene rings is 2. The fraction of sp³-hybridized carbons (Fsp3) is 0.227. The molecule has 164 valence electrons. The van der Waals surface area contributed by atoms with Crippen LogP contribution in [-0.2, 0) is 19.6 Å². The van der Waals surface area contributed by atoms with Crippen molar-refractivity contribution in [3.63, 3.8) is 0 Å². The molecule has 8 nitrogen and oxygen atoms in total. The summed E-state index contributed by atoms with van der Waals surface area (Å²) >= 11 is 1.57. The third-order valence-corrected chi connectivity index (χ3v) is 8.32. The smallest absolute Gasteiger partial charge is 0.324 e. The average Bonchev–Trinajstić information content (AvgIpc) is 3.48. The Balaban J connectivity index is 1.54. The fourth-order valence-electron chi connectivity index (χ4n) is 4.02. The van der Waals surface area contributed by atoms with Gasteiger partial charge in [-0.3, -0.25) is 9.78 Å². The van der Waals surface area contributed by atoms with E-state index in [0.29, 0.717) is 23.7 Å². The number of carbonyl (C=O) groups is 1. The molecule has 0 aliphatic carbocycles. The Kier molecular flexibility index (Phi) is 5.28. The number of aromatic nitrogens is 2. The Morgan fingerprint density at radius 1 is 1.16 bits per heavy atom. The molecule has 0 unspecified atom stereocenters. The first-order valence-corrected chi connectivity index (χ1v) is 12.4. The molecule has 1 N–H and O–H groups in total. The summed E-state index contributed by atoms with van der Waals surface area (Å²) in [6.07, 6.45) is 2.74. The number of anilines is 2. The van der Waals surface area contributed by atoms with Crippen molar-refractivity contribution in [2.24, 2.45) is 0 Å². The van der Waals surface area contributed by atoms with Crippen LogP contribution in [0.15, 0.2) is 59.1 Å². The highest BCUT2D eigenvalue weighted by Crippen LogP contribution is 2.32. The number of nitrogens with one attached hydrogen (secondary N) is 1.